The van der Waals surface area contributed by atoms with Crippen LogP contribution in [-0.4, -0.2) is 50.5 Å². The van der Waals surface area contributed by atoms with Crippen LogP contribution in [0.5, 0.6) is 0 Å². The summed E-state index contributed by atoms with van der Waals surface area (Å²) in [5.41, 5.74) is 1.71. The lowest BCUT2D eigenvalue weighted by Gasteiger charge is -2.33. The van der Waals surface area contributed by atoms with Crippen molar-refractivity contribution in [1.29, 1.82) is 0 Å². The van der Waals surface area contributed by atoms with Gasteiger partial charge in [0.15, 0.2) is 0 Å². The van der Waals surface area contributed by atoms with E-state index in [2.05, 4.69) is 5.32 Å². The van der Waals surface area contributed by atoms with Gasteiger partial charge in [-0.3, -0.25) is 13.9 Å². The fourth-order valence-corrected chi connectivity index (χ4v) is 5.35. The van der Waals surface area contributed by atoms with Crippen LogP contribution in [0.15, 0.2) is 72.8 Å². The van der Waals surface area contributed by atoms with Gasteiger partial charge in [-0.2, -0.15) is 0 Å². The number of nitrogens with zero attached hydrogens (tertiary/aromatic N) is 2. The lowest BCUT2D eigenvalue weighted by atomic mass is 10.0. The number of sulfonamides is 1. The summed E-state index contributed by atoms with van der Waals surface area (Å²) >= 11 is 18.4. The molecule has 208 valence electrons. The largest absolute Gasteiger partial charge is 0.354 e. The number of halogens is 3. The third-order valence-corrected chi connectivity index (χ3v) is 8.05. The van der Waals surface area contributed by atoms with Crippen molar-refractivity contribution in [2.75, 3.05) is 23.7 Å². The van der Waals surface area contributed by atoms with E-state index in [0.29, 0.717) is 33.6 Å². The molecule has 0 spiro atoms. The maximum absolute atomic E-state index is 14.0. The highest BCUT2D eigenvalue weighted by atomic mass is 35.5. The summed E-state index contributed by atoms with van der Waals surface area (Å²) in [7, 11) is -3.88. The van der Waals surface area contributed by atoms with Crippen LogP contribution in [0.2, 0.25) is 15.1 Å². The molecule has 0 fully saturated rings. The third kappa shape index (κ3) is 8.86. The maximum Gasteiger partial charge on any atom is 0.244 e. The van der Waals surface area contributed by atoms with Crippen LogP contribution in [-0.2, 0) is 32.6 Å². The first-order valence-electron chi connectivity index (χ1n) is 12.3. The summed E-state index contributed by atoms with van der Waals surface area (Å²) in [6.07, 6.45) is 1.94. The van der Waals surface area contributed by atoms with Crippen LogP contribution in [0.25, 0.3) is 0 Å². The van der Waals surface area contributed by atoms with Crippen molar-refractivity contribution >= 4 is 62.3 Å². The monoisotopic (exact) mass is 609 g/mol. The molecule has 0 aromatic heterocycles. The van der Waals surface area contributed by atoms with Crippen LogP contribution in [0.4, 0.5) is 5.69 Å². The highest BCUT2D eigenvalue weighted by molar-refractivity contribution is 7.92. The van der Waals surface area contributed by atoms with Gasteiger partial charge in [0.05, 0.1) is 22.0 Å². The Balaban J connectivity index is 2.06. The van der Waals surface area contributed by atoms with Gasteiger partial charge in [-0.05, 0) is 47.9 Å². The molecule has 3 aromatic carbocycles. The highest BCUT2D eigenvalue weighted by Gasteiger charge is 2.33. The number of hydrogen-bond donors (Lipinski definition) is 1. The van der Waals surface area contributed by atoms with Crippen LogP contribution in [0.3, 0.4) is 0 Å². The summed E-state index contributed by atoms with van der Waals surface area (Å²) in [6, 6.07) is 19.6. The minimum absolute atomic E-state index is 0.0000841. The Kier molecular flexibility index (Phi) is 11.1. The standard InChI is InChI=1S/C28H30Cl3N3O4S/c1-3-14-32-28(36)26(16-20-8-5-4-6-9-20)33(18-21-12-13-24(30)25(31)15-21)27(35)19-34(39(2,37)38)23-11-7-10-22(29)17-23/h4-13,15,17,26H,3,14,16,18-19H2,1-2H3,(H,32,36)/t26-/m0/s1. The SMILES string of the molecule is CCCNC(=O)[C@H](Cc1ccccc1)N(Cc1ccc(Cl)c(Cl)c1)C(=O)CN(c1cccc(Cl)c1)S(C)(=O)=O. The van der Waals surface area contributed by atoms with Crippen molar-refractivity contribution in [3.63, 3.8) is 0 Å². The zero-order chi connectivity index (χ0) is 28.6. The number of amides is 2. The Morgan fingerprint density at radius 3 is 2.23 bits per heavy atom. The highest BCUT2D eigenvalue weighted by Crippen LogP contribution is 2.26. The summed E-state index contributed by atoms with van der Waals surface area (Å²) in [4.78, 5) is 28.8. The van der Waals surface area contributed by atoms with Crippen LogP contribution in [0.1, 0.15) is 24.5 Å². The number of benzene rings is 3. The van der Waals surface area contributed by atoms with Gasteiger partial charge in [-0.1, -0.05) is 84.2 Å². The summed E-state index contributed by atoms with van der Waals surface area (Å²) in [6.45, 7) is 1.82. The van der Waals surface area contributed by atoms with Crippen molar-refractivity contribution in [2.45, 2.75) is 32.4 Å². The van der Waals surface area contributed by atoms with E-state index in [4.69, 9.17) is 34.8 Å². The number of hydrogen-bond acceptors (Lipinski definition) is 4. The quantitative estimate of drug-likeness (QED) is 0.290. The number of carbonyl (C=O) groups excluding carboxylic acids is 2. The Morgan fingerprint density at radius 1 is 0.897 bits per heavy atom. The predicted molar refractivity (Wildman–Crippen MR) is 158 cm³/mol. The first kappa shape index (κ1) is 30.8. The second-order valence-electron chi connectivity index (χ2n) is 9.02. The zero-order valence-corrected chi connectivity index (χ0v) is 24.7. The van der Waals surface area contributed by atoms with Gasteiger partial charge in [-0.15, -0.1) is 0 Å². The molecule has 0 aliphatic rings. The summed E-state index contributed by atoms with van der Waals surface area (Å²) < 4.78 is 26.5. The Hall–Kier alpha value is -2.78. The molecule has 0 aliphatic carbocycles. The van der Waals surface area contributed by atoms with Crippen molar-refractivity contribution in [1.82, 2.24) is 10.2 Å². The van der Waals surface area contributed by atoms with Gasteiger partial charge in [0.1, 0.15) is 12.6 Å². The van der Waals surface area contributed by atoms with Gasteiger partial charge in [0.2, 0.25) is 21.8 Å². The molecule has 1 atom stereocenters. The lowest BCUT2D eigenvalue weighted by molar-refractivity contribution is -0.140. The number of nitrogens with one attached hydrogen (secondary N) is 1. The number of anilines is 1. The first-order valence-corrected chi connectivity index (χ1v) is 15.3. The second kappa shape index (κ2) is 14.0. The first-order chi connectivity index (χ1) is 18.5. The molecule has 0 radical (unpaired) electrons. The lowest BCUT2D eigenvalue weighted by Crippen LogP contribution is -2.53. The van der Waals surface area contributed by atoms with E-state index in [-0.39, 0.29) is 24.6 Å². The molecule has 11 heteroatoms. The molecule has 7 nitrogen and oxygen atoms in total. The molecule has 3 rings (SSSR count). The smallest absolute Gasteiger partial charge is 0.244 e. The zero-order valence-electron chi connectivity index (χ0n) is 21.6. The van der Waals surface area contributed by atoms with Gasteiger partial charge >= 0.3 is 0 Å². The summed E-state index contributed by atoms with van der Waals surface area (Å²) in [5.74, 6) is -0.915. The van der Waals surface area contributed by atoms with E-state index in [9.17, 15) is 18.0 Å². The molecule has 39 heavy (non-hydrogen) atoms. The third-order valence-electron chi connectivity index (χ3n) is 5.93. The molecule has 0 unspecified atom stereocenters. The van der Waals surface area contributed by atoms with Crippen LogP contribution >= 0.6 is 34.8 Å². The molecular weight excluding hydrogens is 581 g/mol. The molecule has 1 N–H and O–H groups in total. The minimum Gasteiger partial charge on any atom is -0.354 e. The predicted octanol–water partition coefficient (Wildman–Crippen LogP) is 5.58. The molecule has 0 saturated heterocycles. The van der Waals surface area contributed by atoms with Crippen molar-refractivity contribution in [3.05, 3.63) is 99.0 Å². The number of carbonyl (C=O) groups is 2. The second-order valence-corrected chi connectivity index (χ2v) is 12.2. The van der Waals surface area contributed by atoms with E-state index in [0.717, 1.165) is 16.1 Å². The molecule has 2 amide bonds. The Morgan fingerprint density at radius 2 is 1.62 bits per heavy atom. The molecule has 0 bridgehead atoms. The van der Waals surface area contributed by atoms with Crippen molar-refractivity contribution in [2.24, 2.45) is 0 Å². The van der Waals surface area contributed by atoms with Gasteiger partial charge in [0.25, 0.3) is 0 Å². The maximum atomic E-state index is 14.0. The summed E-state index contributed by atoms with van der Waals surface area (Å²) in [5, 5.41) is 3.86. The molecule has 0 heterocycles. The van der Waals surface area contributed by atoms with E-state index in [1.807, 2.05) is 37.3 Å². The van der Waals surface area contributed by atoms with E-state index in [1.165, 1.54) is 11.0 Å². The number of rotatable bonds is 12. The van der Waals surface area contributed by atoms with Gasteiger partial charge in [0, 0.05) is 24.5 Å². The average Bonchev–Trinajstić information content (AvgIpc) is 2.89. The van der Waals surface area contributed by atoms with E-state index >= 15 is 0 Å². The molecular formula is C28H30Cl3N3O4S. The Labute approximate surface area is 244 Å². The van der Waals surface area contributed by atoms with Crippen molar-refractivity contribution < 1.29 is 18.0 Å². The average molecular weight is 611 g/mol. The van der Waals surface area contributed by atoms with E-state index in [1.54, 1.807) is 36.4 Å². The molecule has 3 aromatic rings. The van der Waals surface area contributed by atoms with Gasteiger partial charge < -0.3 is 10.2 Å². The topological polar surface area (TPSA) is 86.8 Å². The van der Waals surface area contributed by atoms with Crippen LogP contribution < -0.4 is 9.62 Å². The minimum atomic E-state index is -3.88. The fraction of sp³-hybridized carbons (Fsp3) is 0.286. The normalized spacial score (nSPS) is 12.0. The Bertz CT molecular complexity index is 1400. The molecule has 0 saturated carbocycles. The van der Waals surface area contributed by atoms with Crippen LogP contribution in [0, 0.1) is 0 Å². The van der Waals surface area contributed by atoms with Crippen molar-refractivity contribution in [3.8, 4) is 0 Å². The fourth-order valence-electron chi connectivity index (χ4n) is 4.00. The molecule has 0 aliphatic heterocycles. The van der Waals surface area contributed by atoms with E-state index < -0.39 is 28.5 Å². The van der Waals surface area contributed by atoms with Gasteiger partial charge in [-0.25, -0.2) is 8.42 Å².